The van der Waals surface area contributed by atoms with Crippen LogP contribution >= 0.6 is 0 Å². The molecule has 1 saturated heterocycles. The Labute approximate surface area is 72.6 Å². The second kappa shape index (κ2) is 4.42. The molecule has 70 valence electrons. The van der Waals surface area contributed by atoms with Crippen LogP contribution in [0.4, 0.5) is 0 Å². The summed E-state index contributed by atoms with van der Waals surface area (Å²) in [5, 5.41) is 3.29. The number of amides is 1. The van der Waals surface area contributed by atoms with Gasteiger partial charge in [0.1, 0.15) is 0 Å². The molecule has 0 spiro atoms. The Morgan fingerprint density at radius 2 is 2.42 bits per heavy atom. The Morgan fingerprint density at radius 3 is 3.00 bits per heavy atom. The lowest BCUT2D eigenvalue weighted by atomic mass is 9.93. The van der Waals surface area contributed by atoms with Gasteiger partial charge in [-0.2, -0.15) is 0 Å². The molecule has 0 radical (unpaired) electrons. The minimum Gasteiger partial charge on any atom is -0.314 e. The van der Waals surface area contributed by atoms with Crippen molar-refractivity contribution >= 4 is 5.91 Å². The zero-order valence-electron chi connectivity index (χ0n) is 7.59. The van der Waals surface area contributed by atoms with Crippen LogP contribution in [0.3, 0.4) is 0 Å². The smallest absolute Gasteiger partial charge is 0.246 e. The second-order valence-corrected chi connectivity index (χ2v) is 3.25. The fraction of sp³-hybridized carbons (Fsp3) is 0.875. The van der Waals surface area contributed by atoms with Gasteiger partial charge in [-0.3, -0.25) is 9.63 Å². The van der Waals surface area contributed by atoms with Crippen molar-refractivity contribution in [1.82, 2.24) is 10.8 Å². The van der Waals surface area contributed by atoms with Gasteiger partial charge in [0, 0.05) is 12.0 Å². The molecule has 1 fully saturated rings. The lowest BCUT2D eigenvalue weighted by Crippen LogP contribution is -2.42. The molecule has 12 heavy (non-hydrogen) atoms. The van der Waals surface area contributed by atoms with Crippen LogP contribution in [0.15, 0.2) is 0 Å². The van der Waals surface area contributed by atoms with Crippen molar-refractivity contribution in [3.05, 3.63) is 0 Å². The van der Waals surface area contributed by atoms with Crippen LogP contribution < -0.4 is 10.8 Å². The molecule has 1 aliphatic heterocycles. The molecule has 2 N–H and O–H groups in total. The maximum Gasteiger partial charge on any atom is 0.246 e. The molecule has 0 bridgehead atoms. The molecule has 2 unspecified atom stereocenters. The third-order valence-electron chi connectivity index (χ3n) is 2.20. The van der Waals surface area contributed by atoms with Crippen molar-refractivity contribution in [3.8, 4) is 0 Å². The van der Waals surface area contributed by atoms with Gasteiger partial charge >= 0.3 is 0 Å². The summed E-state index contributed by atoms with van der Waals surface area (Å²) in [6, 6.07) is 0.436. The van der Waals surface area contributed by atoms with Crippen molar-refractivity contribution in [1.29, 1.82) is 0 Å². The minimum absolute atomic E-state index is 0.00542. The number of hydrogen-bond donors (Lipinski definition) is 2. The first-order chi connectivity index (χ1) is 5.74. The molecule has 0 aromatic carbocycles. The lowest BCUT2D eigenvalue weighted by molar-refractivity contribution is -0.136. The van der Waals surface area contributed by atoms with Crippen molar-refractivity contribution in [2.45, 2.75) is 25.8 Å². The number of rotatable bonds is 2. The molecular weight excluding hydrogens is 156 g/mol. The van der Waals surface area contributed by atoms with E-state index in [4.69, 9.17) is 0 Å². The van der Waals surface area contributed by atoms with Crippen molar-refractivity contribution in [2.75, 3.05) is 13.7 Å². The maximum absolute atomic E-state index is 11.3. The quantitative estimate of drug-likeness (QED) is 0.579. The summed E-state index contributed by atoms with van der Waals surface area (Å²) >= 11 is 0. The summed E-state index contributed by atoms with van der Waals surface area (Å²) in [4.78, 5) is 15.9. The molecule has 1 heterocycles. The van der Waals surface area contributed by atoms with E-state index in [-0.39, 0.29) is 11.8 Å². The second-order valence-electron chi connectivity index (χ2n) is 3.25. The van der Waals surface area contributed by atoms with Crippen LogP contribution in [-0.2, 0) is 9.63 Å². The summed E-state index contributed by atoms with van der Waals surface area (Å²) in [5.41, 5.74) is 2.37. The largest absolute Gasteiger partial charge is 0.314 e. The van der Waals surface area contributed by atoms with Gasteiger partial charge in [-0.05, 0) is 26.3 Å². The topological polar surface area (TPSA) is 50.4 Å². The number of carbonyl (C=O) groups excluding carboxylic acids is 1. The van der Waals surface area contributed by atoms with E-state index in [9.17, 15) is 4.79 Å². The van der Waals surface area contributed by atoms with Gasteiger partial charge < -0.3 is 5.32 Å². The normalized spacial score (nSPS) is 29.8. The summed E-state index contributed by atoms with van der Waals surface area (Å²) < 4.78 is 0. The predicted octanol–water partition coefficient (Wildman–Crippen LogP) is 0.0521. The third-order valence-corrected chi connectivity index (χ3v) is 2.20. The van der Waals surface area contributed by atoms with Crippen LogP contribution in [-0.4, -0.2) is 25.6 Å². The molecule has 0 aromatic heterocycles. The molecule has 4 heteroatoms. The molecule has 4 nitrogen and oxygen atoms in total. The monoisotopic (exact) mass is 172 g/mol. The first kappa shape index (κ1) is 9.48. The number of piperidine rings is 1. The summed E-state index contributed by atoms with van der Waals surface area (Å²) in [6.07, 6.45) is 1.80. The highest BCUT2D eigenvalue weighted by molar-refractivity contribution is 5.77. The maximum atomic E-state index is 11.3. The first-order valence-corrected chi connectivity index (χ1v) is 4.30. The zero-order valence-corrected chi connectivity index (χ0v) is 7.59. The van der Waals surface area contributed by atoms with E-state index in [2.05, 4.69) is 22.6 Å². The van der Waals surface area contributed by atoms with E-state index in [1.54, 1.807) is 0 Å². The van der Waals surface area contributed by atoms with Crippen LogP contribution in [0.2, 0.25) is 0 Å². The molecule has 1 aliphatic rings. The van der Waals surface area contributed by atoms with Crippen molar-refractivity contribution < 1.29 is 9.63 Å². The third kappa shape index (κ3) is 2.46. The number of hydrogen-bond acceptors (Lipinski definition) is 3. The number of nitrogens with one attached hydrogen (secondary N) is 2. The predicted molar refractivity (Wildman–Crippen MR) is 45.3 cm³/mol. The summed E-state index contributed by atoms with van der Waals surface area (Å²) in [7, 11) is 1.46. The van der Waals surface area contributed by atoms with E-state index in [1.165, 1.54) is 7.11 Å². The Hall–Kier alpha value is -0.610. The molecular formula is C8H16N2O2. The SMILES string of the molecule is CONC(=O)C1CCNC(C)C1. The molecule has 0 aromatic rings. The highest BCUT2D eigenvalue weighted by Crippen LogP contribution is 2.15. The average Bonchev–Trinajstić information content (AvgIpc) is 2.05. The van der Waals surface area contributed by atoms with Gasteiger partial charge in [-0.15, -0.1) is 0 Å². The van der Waals surface area contributed by atoms with Gasteiger partial charge in [-0.25, -0.2) is 5.48 Å². The van der Waals surface area contributed by atoms with E-state index in [0.29, 0.717) is 6.04 Å². The Morgan fingerprint density at radius 1 is 1.67 bits per heavy atom. The molecule has 1 amide bonds. The number of hydroxylamine groups is 1. The van der Waals surface area contributed by atoms with Gasteiger partial charge in [-0.1, -0.05) is 0 Å². The standard InChI is InChI=1S/C8H16N2O2/c1-6-5-7(3-4-9-6)8(11)10-12-2/h6-7,9H,3-5H2,1-2H3,(H,10,11). The van der Waals surface area contributed by atoms with Crippen molar-refractivity contribution in [2.24, 2.45) is 5.92 Å². The molecule has 2 atom stereocenters. The number of carbonyl (C=O) groups is 1. The fourth-order valence-corrected chi connectivity index (χ4v) is 1.55. The van der Waals surface area contributed by atoms with Crippen LogP contribution in [0, 0.1) is 5.92 Å². The van der Waals surface area contributed by atoms with E-state index < -0.39 is 0 Å². The first-order valence-electron chi connectivity index (χ1n) is 4.30. The van der Waals surface area contributed by atoms with Crippen LogP contribution in [0.25, 0.3) is 0 Å². The van der Waals surface area contributed by atoms with Crippen LogP contribution in [0.1, 0.15) is 19.8 Å². The highest BCUT2D eigenvalue weighted by atomic mass is 16.6. The Balaban J connectivity index is 2.35. The van der Waals surface area contributed by atoms with Gasteiger partial charge in [0.25, 0.3) is 0 Å². The van der Waals surface area contributed by atoms with Gasteiger partial charge in [0.15, 0.2) is 0 Å². The average molecular weight is 172 g/mol. The molecule has 0 saturated carbocycles. The van der Waals surface area contributed by atoms with E-state index in [0.717, 1.165) is 19.4 Å². The Bertz CT molecular complexity index is 161. The lowest BCUT2D eigenvalue weighted by Gasteiger charge is -2.26. The fourth-order valence-electron chi connectivity index (χ4n) is 1.55. The Kier molecular flexibility index (Phi) is 3.49. The highest BCUT2D eigenvalue weighted by Gasteiger charge is 2.24. The zero-order chi connectivity index (χ0) is 8.97. The van der Waals surface area contributed by atoms with E-state index in [1.807, 2.05) is 0 Å². The minimum atomic E-state index is 0.00542. The van der Waals surface area contributed by atoms with Gasteiger partial charge in [0.05, 0.1) is 7.11 Å². The van der Waals surface area contributed by atoms with Crippen molar-refractivity contribution in [3.63, 3.8) is 0 Å². The molecule has 1 rings (SSSR count). The summed E-state index contributed by atoms with van der Waals surface area (Å²) in [6.45, 7) is 3.01. The summed E-state index contributed by atoms with van der Waals surface area (Å²) in [5.74, 6) is 0.118. The molecule has 0 aliphatic carbocycles. The van der Waals surface area contributed by atoms with Crippen LogP contribution in [0.5, 0.6) is 0 Å². The van der Waals surface area contributed by atoms with Gasteiger partial charge in [0.2, 0.25) is 5.91 Å². The van der Waals surface area contributed by atoms with E-state index >= 15 is 0 Å².